The summed E-state index contributed by atoms with van der Waals surface area (Å²) in [6.07, 6.45) is 1.34. The van der Waals surface area contributed by atoms with E-state index in [9.17, 15) is 19.2 Å². The number of thiophene rings is 2. The zero-order valence-corrected chi connectivity index (χ0v) is 17.8. The van der Waals surface area contributed by atoms with Crippen molar-refractivity contribution >= 4 is 46.3 Å². The first-order valence-electron chi connectivity index (χ1n) is 9.80. The van der Waals surface area contributed by atoms with Gasteiger partial charge in [0.15, 0.2) is 0 Å². The van der Waals surface area contributed by atoms with Crippen molar-refractivity contribution in [3.63, 3.8) is 0 Å². The van der Waals surface area contributed by atoms with E-state index in [1.807, 2.05) is 10.8 Å². The molecular formula is C20H22N4O4S2. The second-order valence-corrected chi connectivity index (χ2v) is 9.11. The Morgan fingerprint density at radius 2 is 1.73 bits per heavy atom. The molecule has 0 bridgehead atoms. The van der Waals surface area contributed by atoms with Gasteiger partial charge in [0, 0.05) is 19.6 Å². The molecule has 2 aromatic rings. The van der Waals surface area contributed by atoms with Gasteiger partial charge in [0.05, 0.1) is 16.3 Å². The first-order chi connectivity index (χ1) is 14.5. The van der Waals surface area contributed by atoms with Crippen LogP contribution in [0.5, 0.6) is 0 Å². The van der Waals surface area contributed by atoms with Crippen molar-refractivity contribution in [1.82, 2.24) is 20.4 Å². The number of carbonyl (C=O) groups excluding carboxylic acids is 4. The predicted octanol–water partition coefficient (Wildman–Crippen LogP) is 1.17. The minimum absolute atomic E-state index is 0.0913. The van der Waals surface area contributed by atoms with Gasteiger partial charge < -0.3 is 20.4 Å². The normalized spacial score (nSPS) is 21.8. The molecule has 8 nitrogen and oxygen atoms in total. The van der Waals surface area contributed by atoms with Gasteiger partial charge in [0.2, 0.25) is 11.8 Å². The Balaban J connectivity index is 1.54. The van der Waals surface area contributed by atoms with E-state index in [1.165, 1.54) is 27.6 Å². The number of piperidine rings is 1. The molecule has 2 N–H and O–H groups in total. The van der Waals surface area contributed by atoms with Crippen LogP contribution in [0.15, 0.2) is 35.0 Å². The third-order valence-electron chi connectivity index (χ3n) is 5.30. The lowest BCUT2D eigenvalue weighted by Crippen LogP contribution is -2.63. The van der Waals surface area contributed by atoms with Crippen LogP contribution in [0.3, 0.4) is 0 Å². The monoisotopic (exact) mass is 446 g/mol. The van der Waals surface area contributed by atoms with Gasteiger partial charge in [-0.3, -0.25) is 19.2 Å². The number of amides is 4. The lowest BCUT2D eigenvalue weighted by atomic mass is 10.0. The third-order valence-corrected chi connectivity index (χ3v) is 7.01. The topological polar surface area (TPSA) is 98.8 Å². The number of nitrogens with zero attached hydrogens (tertiary/aromatic N) is 2. The number of carbonyl (C=O) groups is 4. The number of piperazine rings is 1. The molecule has 0 aromatic carbocycles. The van der Waals surface area contributed by atoms with Crippen molar-refractivity contribution in [3.8, 4) is 0 Å². The molecule has 2 aromatic heterocycles. The summed E-state index contributed by atoms with van der Waals surface area (Å²) in [4.78, 5) is 55.3. The summed E-state index contributed by atoms with van der Waals surface area (Å²) in [5.74, 6) is -1.01. The van der Waals surface area contributed by atoms with Gasteiger partial charge in [0.25, 0.3) is 11.8 Å². The van der Waals surface area contributed by atoms with Crippen LogP contribution < -0.4 is 10.6 Å². The van der Waals surface area contributed by atoms with E-state index in [2.05, 4.69) is 10.6 Å². The minimum Gasteiger partial charge on any atom is -0.354 e. The van der Waals surface area contributed by atoms with Crippen molar-refractivity contribution in [2.45, 2.75) is 24.9 Å². The summed E-state index contributed by atoms with van der Waals surface area (Å²) in [5, 5.41) is 9.17. The maximum atomic E-state index is 13.1. The van der Waals surface area contributed by atoms with Crippen LogP contribution in [0.4, 0.5) is 0 Å². The maximum absolute atomic E-state index is 13.1. The molecule has 158 valence electrons. The lowest BCUT2D eigenvalue weighted by molar-refractivity contribution is -0.133. The average molecular weight is 447 g/mol. The predicted molar refractivity (Wildman–Crippen MR) is 114 cm³/mol. The average Bonchev–Trinajstić information content (AvgIpc) is 3.48. The minimum atomic E-state index is -0.855. The van der Waals surface area contributed by atoms with Crippen LogP contribution in [0.1, 0.15) is 32.2 Å². The highest BCUT2D eigenvalue weighted by Gasteiger charge is 2.39. The van der Waals surface area contributed by atoms with E-state index in [4.69, 9.17) is 0 Å². The smallest absolute Gasteiger partial charge is 0.264 e. The Hall–Kier alpha value is -2.72. The van der Waals surface area contributed by atoms with Crippen molar-refractivity contribution in [1.29, 1.82) is 0 Å². The maximum Gasteiger partial charge on any atom is 0.264 e. The molecule has 4 amide bonds. The highest BCUT2D eigenvalue weighted by molar-refractivity contribution is 7.12. The highest BCUT2D eigenvalue weighted by atomic mass is 32.1. The summed E-state index contributed by atoms with van der Waals surface area (Å²) < 4.78 is 0. The van der Waals surface area contributed by atoms with E-state index in [-0.39, 0.29) is 30.8 Å². The molecule has 2 saturated heterocycles. The van der Waals surface area contributed by atoms with Gasteiger partial charge in [-0.1, -0.05) is 12.1 Å². The molecule has 4 rings (SSSR count). The SMILES string of the molecule is O=C1NCCC[C@@H]1NC(=O)[C@H]1CN(C(=O)c2cccs2)CCN1C(=O)c1cccs1. The first-order valence-corrected chi connectivity index (χ1v) is 11.6. The Morgan fingerprint density at radius 3 is 2.37 bits per heavy atom. The second-order valence-electron chi connectivity index (χ2n) is 7.21. The van der Waals surface area contributed by atoms with Crippen LogP contribution in [-0.4, -0.2) is 71.7 Å². The van der Waals surface area contributed by atoms with Gasteiger partial charge in [0.1, 0.15) is 12.1 Å². The largest absolute Gasteiger partial charge is 0.354 e. The number of hydrogen-bond donors (Lipinski definition) is 2. The molecule has 2 aliphatic rings. The Bertz CT molecular complexity index is 929. The summed E-state index contributed by atoms with van der Waals surface area (Å²) >= 11 is 2.66. The molecule has 30 heavy (non-hydrogen) atoms. The number of rotatable bonds is 4. The van der Waals surface area contributed by atoms with Crippen LogP contribution in [-0.2, 0) is 9.59 Å². The fraction of sp³-hybridized carbons (Fsp3) is 0.400. The highest BCUT2D eigenvalue weighted by Crippen LogP contribution is 2.21. The Kier molecular flexibility index (Phi) is 6.14. The molecular weight excluding hydrogens is 424 g/mol. The van der Waals surface area contributed by atoms with Crippen LogP contribution in [0.2, 0.25) is 0 Å². The number of hydrogen-bond acceptors (Lipinski definition) is 6. The third kappa shape index (κ3) is 4.24. The van der Waals surface area contributed by atoms with Crippen molar-refractivity contribution < 1.29 is 19.2 Å². The lowest BCUT2D eigenvalue weighted by Gasteiger charge is -2.40. The molecule has 0 unspecified atom stereocenters. The van der Waals surface area contributed by atoms with Crippen LogP contribution in [0.25, 0.3) is 0 Å². The summed E-state index contributed by atoms with van der Waals surface area (Å²) in [5.41, 5.74) is 0. The van der Waals surface area contributed by atoms with E-state index in [0.29, 0.717) is 29.3 Å². The molecule has 0 saturated carbocycles. The van der Waals surface area contributed by atoms with Crippen molar-refractivity contribution in [3.05, 3.63) is 44.8 Å². The fourth-order valence-electron chi connectivity index (χ4n) is 3.71. The number of nitrogens with one attached hydrogen (secondary N) is 2. The first kappa shape index (κ1) is 20.5. The molecule has 4 heterocycles. The van der Waals surface area contributed by atoms with Gasteiger partial charge in [-0.15, -0.1) is 22.7 Å². The van der Waals surface area contributed by atoms with Crippen molar-refractivity contribution in [2.24, 2.45) is 0 Å². The Morgan fingerprint density at radius 1 is 1.03 bits per heavy atom. The van der Waals surface area contributed by atoms with E-state index >= 15 is 0 Å². The van der Waals surface area contributed by atoms with Crippen LogP contribution in [0, 0.1) is 0 Å². The van der Waals surface area contributed by atoms with Crippen LogP contribution >= 0.6 is 22.7 Å². The molecule has 2 fully saturated rings. The van der Waals surface area contributed by atoms with E-state index in [0.717, 1.165) is 6.42 Å². The fourth-order valence-corrected chi connectivity index (χ4v) is 5.08. The molecule has 0 spiro atoms. The molecule has 0 radical (unpaired) electrons. The zero-order valence-electron chi connectivity index (χ0n) is 16.2. The van der Waals surface area contributed by atoms with Crippen molar-refractivity contribution in [2.75, 3.05) is 26.2 Å². The Labute approximate surface area is 181 Å². The van der Waals surface area contributed by atoms with Gasteiger partial charge in [-0.25, -0.2) is 0 Å². The summed E-state index contributed by atoms with van der Waals surface area (Å²) in [6, 6.07) is 5.59. The molecule has 0 aliphatic carbocycles. The van der Waals surface area contributed by atoms with Gasteiger partial charge in [-0.2, -0.15) is 0 Å². The van der Waals surface area contributed by atoms with Gasteiger partial charge in [-0.05, 0) is 35.7 Å². The molecule has 10 heteroatoms. The quantitative estimate of drug-likeness (QED) is 0.737. The standard InChI is InChI=1S/C20H22N4O4S2/c25-17-13(4-1-7-21-17)22-18(26)14-12-23(19(27)15-5-2-10-29-15)8-9-24(14)20(28)16-6-3-11-30-16/h2-3,5-6,10-11,13-14H,1,4,7-9,12H2,(H,21,25)(H,22,26)/t13-,14+/m0/s1. The molecule has 2 aliphatic heterocycles. The van der Waals surface area contributed by atoms with E-state index in [1.54, 1.807) is 29.2 Å². The summed E-state index contributed by atoms with van der Waals surface area (Å²) in [7, 11) is 0. The van der Waals surface area contributed by atoms with Gasteiger partial charge >= 0.3 is 0 Å². The summed E-state index contributed by atoms with van der Waals surface area (Å²) in [6.45, 7) is 1.29. The molecule has 2 atom stereocenters. The second kappa shape index (κ2) is 8.97. The van der Waals surface area contributed by atoms with E-state index < -0.39 is 18.0 Å². The zero-order chi connectivity index (χ0) is 21.1.